The highest BCUT2D eigenvalue weighted by atomic mass is 17.1. The number of benzene rings is 3. The second-order valence-corrected chi connectivity index (χ2v) is 7.50. The molecule has 3 aromatic rings. The van der Waals surface area contributed by atoms with Gasteiger partial charge in [-0.05, 0) is 71.8 Å². The lowest BCUT2D eigenvalue weighted by atomic mass is 9.98. The summed E-state index contributed by atoms with van der Waals surface area (Å²) >= 11 is 0. The molecule has 3 rings (SSSR count). The third kappa shape index (κ3) is 5.47. The molecule has 0 heterocycles. The van der Waals surface area contributed by atoms with Crippen LogP contribution in [0.3, 0.4) is 0 Å². The van der Waals surface area contributed by atoms with Gasteiger partial charge in [0.05, 0.1) is 0 Å². The van der Waals surface area contributed by atoms with Crippen molar-refractivity contribution in [2.24, 2.45) is 0 Å². The normalized spacial score (nSPS) is 12.0. The first-order valence-electron chi connectivity index (χ1n) is 10.4. The molecule has 3 nitrogen and oxygen atoms in total. The van der Waals surface area contributed by atoms with Crippen molar-refractivity contribution in [2.45, 2.75) is 52.6 Å². The van der Waals surface area contributed by atoms with Crippen LogP contribution in [0.2, 0.25) is 0 Å². The van der Waals surface area contributed by atoms with E-state index in [0.717, 1.165) is 53.9 Å². The summed E-state index contributed by atoms with van der Waals surface area (Å²) in [6, 6.07) is 22.3. The van der Waals surface area contributed by atoms with Crippen LogP contribution in [-0.2, 0) is 17.7 Å². The maximum Gasteiger partial charge on any atom is 0.143 e. The summed E-state index contributed by atoms with van der Waals surface area (Å²) in [7, 11) is 0. The topological polar surface area (TPSA) is 38.7 Å². The number of rotatable bonds is 9. The zero-order valence-corrected chi connectivity index (χ0v) is 17.5. The molecule has 0 spiro atoms. The Morgan fingerprint density at radius 2 is 1.31 bits per heavy atom. The Balaban J connectivity index is 1.76. The van der Waals surface area contributed by atoms with E-state index in [2.05, 4.69) is 38.1 Å². The van der Waals surface area contributed by atoms with Crippen molar-refractivity contribution < 1.29 is 14.9 Å². The fourth-order valence-corrected chi connectivity index (χ4v) is 3.55. The molecule has 1 atom stereocenters. The Labute approximate surface area is 173 Å². The molecule has 3 aromatic carbocycles. The standard InChI is InChI=1S/C26H30O3/c1-4-6-20-8-12-22(13-9-20)26(29-27)23-14-17-25(19(3)18-23)28-24-15-10-21(7-5-2)11-16-24/h8-18,26-27H,4-7H2,1-3H3. The fraction of sp³-hybridized carbons (Fsp3) is 0.308. The lowest BCUT2D eigenvalue weighted by molar-refractivity contribution is -0.270. The molecule has 0 amide bonds. The summed E-state index contributed by atoms with van der Waals surface area (Å²) in [6.45, 7) is 6.35. The number of aryl methyl sites for hydroxylation is 3. The lowest BCUT2D eigenvalue weighted by Crippen LogP contribution is -2.05. The first-order chi connectivity index (χ1) is 14.1. The highest BCUT2D eigenvalue weighted by Gasteiger charge is 2.16. The van der Waals surface area contributed by atoms with Crippen LogP contribution < -0.4 is 4.74 Å². The van der Waals surface area contributed by atoms with Crippen molar-refractivity contribution in [2.75, 3.05) is 0 Å². The lowest BCUT2D eigenvalue weighted by Gasteiger charge is -2.17. The van der Waals surface area contributed by atoms with E-state index in [9.17, 15) is 5.26 Å². The molecule has 0 aliphatic rings. The van der Waals surface area contributed by atoms with Crippen molar-refractivity contribution in [3.8, 4) is 11.5 Å². The van der Waals surface area contributed by atoms with Crippen molar-refractivity contribution in [1.29, 1.82) is 0 Å². The van der Waals surface area contributed by atoms with Crippen LogP contribution in [0.5, 0.6) is 11.5 Å². The van der Waals surface area contributed by atoms with Crippen LogP contribution in [0.25, 0.3) is 0 Å². The molecule has 0 saturated carbocycles. The smallest absolute Gasteiger partial charge is 0.143 e. The minimum absolute atomic E-state index is 0.522. The van der Waals surface area contributed by atoms with Crippen LogP contribution in [0.1, 0.15) is 60.6 Å². The van der Waals surface area contributed by atoms with Gasteiger partial charge in [-0.15, -0.1) is 0 Å². The van der Waals surface area contributed by atoms with Crippen molar-refractivity contribution in [3.63, 3.8) is 0 Å². The summed E-state index contributed by atoms with van der Waals surface area (Å²) in [4.78, 5) is 4.83. The number of hydrogen-bond acceptors (Lipinski definition) is 3. The van der Waals surface area contributed by atoms with E-state index in [1.807, 2.05) is 49.4 Å². The van der Waals surface area contributed by atoms with Crippen LogP contribution >= 0.6 is 0 Å². The molecule has 0 fully saturated rings. The summed E-state index contributed by atoms with van der Waals surface area (Å²) in [5.74, 6) is 1.62. The molecule has 0 aromatic heterocycles. The molecular formula is C26H30O3. The van der Waals surface area contributed by atoms with Gasteiger partial charge in [0, 0.05) is 0 Å². The maximum absolute atomic E-state index is 9.54. The quantitative estimate of drug-likeness (QED) is 0.308. The minimum Gasteiger partial charge on any atom is -0.457 e. The van der Waals surface area contributed by atoms with E-state index in [-0.39, 0.29) is 0 Å². The molecule has 0 aliphatic carbocycles. The van der Waals surface area contributed by atoms with Crippen LogP contribution in [0.4, 0.5) is 0 Å². The van der Waals surface area contributed by atoms with Gasteiger partial charge in [-0.3, -0.25) is 5.26 Å². The monoisotopic (exact) mass is 390 g/mol. The van der Waals surface area contributed by atoms with Gasteiger partial charge >= 0.3 is 0 Å². The molecule has 1 unspecified atom stereocenters. The Morgan fingerprint density at radius 1 is 0.759 bits per heavy atom. The third-order valence-corrected chi connectivity index (χ3v) is 5.12. The van der Waals surface area contributed by atoms with Crippen molar-refractivity contribution in [1.82, 2.24) is 0 Å². The first-order valence-corrected chi connectivity index (χ1v) is 10.4. The number of hydrogen-bond donors (Lipinski definition) is 1. The van der Waals surface area contributed by atoms with E-state index in [0.29, 0.717) is 0 Å². The Bertz CT molecular complexity index is 898. The van der Waals surface area contributed by atoms with E-state index < -0.39 is 6.10 Å². The van der Waals surface area contributed by atoms with Gasteiger partial charge in [0.15, 0.2) is 0 Å². The highest BCUT2D eigenvalue weighted by molar-refractivity contribution is 5.43. The molecule has 3 heteroatoms. The van der Waals surface area contributed by atoms with Gasteiger partial charge in [0.2, 0.25) is 0 Å². The Morgan fingerprint density at radius 3 is 1.83 bits per heavy atom. The SMILES string of the molecule is CCCc1ccc(Oc2ccc(C(OO)c3ccc(CCC)cc3)cc2C)cc1. The second kappa shape index (κ2) is 10.2. The minimum atomic E-state index is -0.522. The molecule has 0 aliphatic heterocycles. The predicted molar refractivity (Wildman–Crippen MR) is 118 cm³/mol. The molecule has 1 N–H and O–H groups in total. The maximum atomic E-state index is 9.54. The number of ether oxygens (including phenoxy) is 1. The zero-order valence-electron chi connectivity index (χ0n) is 17.5. The molecule has 29 heavy (non-hydrogen) atoms. The summed E-state index contributed by atoms with van der Waals surface area (Å²) < 4.78 is 6.06. The van der Waals surface area contributed by atoms with Gasteiger partial charge in [-0.25, -0.2) is 4.89 Å². The van der Waals surface area contributed by atoms with Crippen LogP contribution in [0, 0.1) is 6.92 Å². The molecular weight excluding hydrogens is 360 g/mol. The van der Waals surface area contributed by atoms with Crippen molar-refractivity contribution >= 4 is 0 Å². The molecule has 0 saturated heterocycles. The Kier molecular flexibility index (Phi) is 7.45. The first kappa shape index (κ1) is 21.1. The van der Waals surface area contributed by atoms with Gasteiger partial charge < -0.3 is 4.74 Å². The summed E-state index contributed by atoms with van der Waals surface area (Å²) in [5.41, 5.74) is 5.41. The third-order valence-electron chi connectivity index (χ3n) is 5.12. The van der Waals surface area contributed by atoms with Gasteiger partial charge in [0.25, 0.3) is 0 Å². The van der Waals surface area contributed by atoms with E-state index >= 15 is 0 Å². The average molecular weight is 391 g/mol. The average Bonchev–Trinajstić information content (AvgIpc) is 2.73. The van der Waals surface area contributed by atoms with E-state index in [1.165, 1.54) is 11.1 Å². The van der Waals surface area contributed by atoms with Gasteiger partial charge in [-0.1, -0.05) is 69.2 Å². The van der Waals surface area contributed by atoms with Crippen LogP contribution in [-0.4, -0.2) is 5.26 Å². The molecule has 0 bridgehead atoms. The van der Waals surface area contributed by atoms with Gasteiger partial charge in [-0.2, -0.15) is 0 Å². The largest absolute Gasteiger partial charge is 0.457 e. The second-order valence-electron chi connectivity index (χ2n) is 7.50. The summed E-state index contributed by atoms with van der Waals surface area (Å²) in [5, 5.41) is 9.54. The van der Waals surface area contributed by atoms with E-state index in [4.69, 9.17) is 9.62 Å². The Hall–Kier alpha value is -2.62. The fourth-order valence-electron chi connectivity index (χ4n) is 3.55. The molecule has 152 valence electrons. The molecule has 0 radical (unpaired) electrons. The van der Waals surface area contributed by atoms with E-state index in [1.54, 1.807) is 0 Å². The summed E-state index contributed by atoms with van der Waals surface area (Å²) in [6.07, 6.45) is 3.86. The van der Waals surface area contributed by atoms with Gasteiger partial charge in [0.1, 0.15) is 17.6 Å². The highest BCUT2D eigenvalue weighted by Crippen LogP contribution is 2.31. The van der Waals surface area contributed by atoms with Crippen LogP contribution in [0.15, 0.2) is 66.7 Å². The van der Waals surface area contributed by atoms with Crippen molar-refractivity contribution in [3.05, 3.63) is 94.5 Å². The zero-order chi connectivity index (χ0) is 20.6. The predicted octanol–water partition coefficient (Wildman–Crippen LogP) is 7.27.